The van der Waals surface area contributed by atoms with E-state index in [9.17, 15) is 9.59 Å². The molecule has 160 valence electrons. The largest absolute Gasteiger partial charge is 0.381 e. The number of rotatable bonds is 7. The molecule has 1 amide bonds. The molecule has 1 N–H and O–H groups in total. The number of nitriles is 1. The summed E-state index contributed by atoms with van der Waals surface area (Å²) < 4.78 is 5.40. The highest BCUT2D eigenvalue weighted by atomic mass is 32.2. The first-order valence-corrected chi connectivity index (χ1v) is 12.5. The minimum atomic E-state index is -0.0563. The summed E-state index contributed by atoms with van der Waals surface area (Å²) in [5.41, 5.74) is 1.13. The second kappa shape index (κ2) is 9.94. The third-order valence-corrected chi connectivity index (χ3v) is 7.87. The topological polar surface area (TPSA) is 99.1 Å². The van der Waals surface area contributed by atoms with E-state index in [0.717, 1.165) is 42.3 Å². The first-order valence-electron chi connectivity index (χ1n) is 10.5. The smallest absolute Gasteiger partial charge is 0.259 e. The molecule has 7 nitrogen and oxygen atoms in total. The summed E-state index contributed by atoms with van der Waals surface area (Å²) in [6, 6.07) is 2.28. The zero-order chi connectivity index (χ0) is 20.9. The number of ether oxygens (including phenoxy) is 1. The van der Waals surface area contributed by atoms with E-state index in [-0.39, 0.29) is 17.5 Å². The summed E-state index contributed by atoms with van der Waals surface area (Å²) in [5, 5.41) is 9.70. The lowest BCUT2D eigenvalue weighted by Crippen LogP contribution is -2.44. The molecular weight excluding hydrogens is 420 g/mol. The molecule has 30 heavy (non-hydrogen) atoms. The minimum Gasteiger partial charge on any atom is -0.381 e. The molecule has 2 aromatic heterocycles. The lowest BCUT2D eigenvalue weighted by molar-refractivity contribution is -0.132. The van der Waals surface area contributed by atoms with Gasteiger partial charge >= 0.3 is 0 Å². The average Bonchev–Trinajstić information content (AvgIpc) is 3.13. The normalized spacial score (nSPS) is 16.9. The van der Waals surface area contributed by atoms with Gasteiger partial charge in [-0.05, 0) is 44.1 Å². The monoisotopic (exact) mass is 446 g/mol. The maximum Gasteiger partial charge on any atom is 0.259 e. The van der Waals surface area contributed by atoms with Gasteiger partial charge < -0.3 is 14.6 Å². The fraction of sp³-hybridized carbons (Fsp3) is 0.619. The molecule has 0 aromatic carbocycles. The maximum absolute atomic E-state index is 12.8. The van der Waals surface area contributed by atoms with E-state index < -0.39 is 0 Å². The molecule has 0 bridgehead atoms. The van der Waals surface area contributed by atoms with Crippen LogP contribution in [0, 0.1) is 11.3 Å². The van der Waals surface area contributed by atoms with Crippen LogP contribution in [0.15, 0.2) is 4.79 Å². The van der Waals surface area contributed by atoms with Crippen LogP contribution in [0.25, 0.3) is 10.2 Å². The Morgan fingerprint density at radius 1 is 1.33 bits per heavy atom. The Kier molecular flexibility index (Phi) is 7.08. The summed E-state index contributed by atoms with van der Waals surface area (Å²) >= 11 is 3.10. The number of carbonyl (C=O) groups is 1. The molecule has 0 atom stereocenters. The number of hydrogen-bond acceptors (Lipinski definition) is 7. The number of thiophene rings is 1. The Morgan fingerprint density at radius 2 is 2.13 bits per heavy atom. The summed E-state index contributed by atoms with van der Waals surface area (Å²) in [5.74, 6) is 1.46. The van der Waals surface area contributed by atoms with Crippen LogP contribution in [-0.4, -0.2) is 52.3 Å². The highest BCUT2D eigenvalue weighted by molar-refractivity contribution is 7.99. The van der Waals surface area contributed by atoms with Crippen LogP contribution >= 0.6 is 23.1 Å². The van der Waals surface area contributed by atoms with E-state index in [1.165, 1.54) is 28.6 Å². The van der Waals surface area contributed by atoms with Crippen molar-refractivity contribution in [2.45, 2.75) is 56.7 Å². The average molecular weight is 447 g/mol. The molecule has 0 saturated carbocycles. The molecule has 2 aromatic rings. The molecule has 1 aliphatic heterocycles. The zero-order valence-electron chi connectivity index (χ0n) is 16.9. The van der Waals surface area contributed by atoms with Crippen LogP contribution in [0.5, 0.6) is 0 Å². The molecule has 9 heteroatoms. The number of nitrogens with zero attached hydrogens (tertiary/aromatic N) is 3. The number of thioether (sulfide) groups is 1. The number of aryl methyl sites for hydroxylation is 2. The fourth-order valence-corrected chi connectivity index (χ4v) is 6.33. The van der Waals surface area contributed by atoms with Gasteiger partial charge in [0.05, 0.1) is 29.4 Å². The molecule has 0 spiro atoms. The Morgan fingerprint density at radius 3 is 2.93 bits per heavy atom. The number of carbonyl (C=O) groups excluding carboxylic acids is 1. The summed E-state index contributed by atoms with van der Waals surface area (Å²) in [4.78, 5) is 37.0. The molecule has 1 aliphatic carbocycles. The number of aromatic amines is 1. The summed E-state index contributed by atoms with van der Waals surface area (Å²) in [6.45, 7) is 1.77. The van der Waals surface area contributed by atoms with Crippen molar-refractivity contribution in [3.63, 3.8) is 0 Å². The lowest BCUT2D eigenvalue weighted by Gasteiger charge is -2.34. The van der Waals surface area contributed by atoms with Gasteiger partial charge in [-0.1, -0.05) is 0 Å². The van der Waals surface area contributed by atoms with Crippen LogP contribution < -0.4 is 5.56 Å². The molecule has 3 heterocycles. The van der Waals surface area contributed by atoms with Gasteiger partial charge in [0, 0.05) is 30.7 Å². The van der Waals surface area contributed by atoms with Crippen LogP contribution in [-0.2, 0) is 28.1 Å². The highest BCUT2D eigenvalue weighted by Gasteiger charge is 2.25. The summed E-state index contributed by atoms with van der Waals surface area (Å²) in [6.07, 6.45) is 6.28. The standard InChI is InChI=1S/C21H26N4O3S2/c22-8-3-9-25(14-6-10-28-11-7-14)18(26)13-29-12-17-23-20(27)19-15-4-1-2-5-16(15)30-21(19)24-17/h14H,1-7,9-13H2,(H,23,24,27). The highest BCUT2D eigenvalue weighted by Crippen LogP contribution is 2.33. The number of fused-ring (bicyclic) bond motifs is 3. The molecule has 4 rings (SSSR count). The lowest BCUT2D eigenvalue weighted by atomic mass is 9.97. The van der Waals surface area contributed by atoms with Gasteiger partial charge in [0.2, 0.25) is 5.91 Å². The van der Waals surface area contributed by atoms with Crippen molar-refractivity contribution in [1.82, 2.24) is 14.9 Å². The Hall–Kier alpha value is -1.89. The number of aromatic nitrogens is 2. The first kappa shape index (κ1) is 21.3. The van der Waals surface area contributed by atoms with Crippen LogP contribution in [0.1, 0.15) is 48.4 Å². The van der Waals surface area contributed by atoms with Gasteiger partial charge in [-0.2, -0.15) is 5.26 Å². The predicted octanol–water partition coefficient (Wildman–Crippen LogP) is 3.02. The van der Waals surface area contributed by atoms with Crippen molar-refractivity contribution in [2.24, 2.45) is 0 Å². The van der Waals surface area contributed by atoms with E-state index in [1.807, 2.05) is 4.90 Å². The van der Waals surface area contributed by atoms with Gasteiger partial charge in [0.1, 0.15) is 10.7 Å². The number of H-pyrrole nitrogens is 1. The Labute approximate surface area is 183 Å². The third kappa shape index (κ3) is 4.71. The molecule has 1 fully saturated rings. The van der Waals surface area contributed by atoms with E-state index in [2.05, 4.69) is 16.0 Å². The van der Waals surface area contributed by atoms with Crippen LogP contribution in [0.3, 0.4) is 0 Å². The van der Waals surface area contributed by atoms with Gasteiger partial charge in [0.25, 0.3) is 5.56 Å². The third-order valence-electron chi connectivity index (χ3n) is 5.75. The number of nitrogens with one attached hydrogen (secondary N) is 1. The first-order chi connectivity index (χ1) is 14.7. The summed E-state index contributed by atoms with van der Waals surface area (Å²) in [7, 11) is 0. The van der Waals surface area contributed by atoms with E-state index >= 15 is 0 Å². The van der Waals surface area contributed by atoms with E-state index in [1.54, 1.807) is 11.3 Å². The quantitative estimate of drug-likeness (QED) is 0.702. The van der Waals surface area contributed by atoms with Gasteiger partial charge in [-0.25, -0.2) is 4.98 Å². The SMILES string of the molecule is N#CCCN(C(=O)CSCc1nc2sc3c(c2c(=O)[nH]1)CCCC3)C1CCOCC1. The fourth-order valence-electron chi connectivity index (χ4n) is 4.27. The maximum atomic E-state index is 12.8. The zero-order valence-corrected chi connectivity index (χ0v) is 18.6. The van der Waals surface area contributed by atoms with Gasteiger partial charge in [0.15, 0.2) is 0 Å². The second-order valence-corrected chi connectivity index (χ2v) is 9.80. The Balaban J connectivity index is 1.40. The van der Waals surface area contributed by atoms with E-state index in [0.29, 0.717) is 43.5 Å². The molecule has 0 radical (unpaired) electrons. The van der Waals surface area contributed by atoms with Crippen molar-refractivity contribution in [1.29, 1.82) is 5.26 Å². The number of hydrogen-bond donors (Lipinski definition) is 1. The molecule has 0 unspecified atom stereocenters. The van der Waals surface area contributed by atoms with Crippen molar-refractivity contribution < 1.29 is 9.53 Å². The predicted molar refractivity (Wildman–Crippen MR) is 119 cm³/mol. The second-order valence-electron chi connectivity index (χ2n) is 7.74. The van der Waals surface area contributed by atoms with Crippen LogP contribution in [0.2, 0.25) is 0 Å². The number of amides is 1. The van der Waals surface area contributed by atoms with Crippen molar-refractivity contribution >= 4 is 39.2 Å². The molecular formula is C21H26N4O3S2. The van der Waals surface area contributed by atoms with E-state index in [4.69, 9.17) is 10.00 Å². The van der Waals surface area contributed by atoms with Crippen LogP contribution in [0.4, 0.5) is 0 Å². The Bertz CT molecular complexity index is 1000. The minimum absolute atomic E-state index is 0.0390. The van der Waals surface area contributed by atoms with Gasteiger partial charge in [-0.15, -0.1) is 23.1 Å². The van der Waals surface area contributed by atoms with Gasteiger partial charge in [-0.3, -0.25) is 9.59 Å². The molecule has 1 saturated heterocycles. The van der Waals surface area contributed by atoms with Crippen molar-refractivity contribution in [3.8, 4) is 6.07 Å². The molecule has 2 aliphatic rings. The van der Waals surface area contributed by atoms with Crippen molar-refractivity contribution in [3.05, 3.63) is 26.6 Å². The van der Waals surface area contributed by atoms with Crippen molar-refractivity contribution in [2.75, 3.05) is 25.5 Å².